The summed E-state index contributed by atoms with van der Waals surface area (Å²) >= 11 is 0. The largest absolute Gasteiger partial charge is 0.379 e. The Morgan fingerprint density at radius 1 is 1.32 bits per heavy atom. The van der Waals surface area contributed by atoms with Gasteiger partial charge in [-0.3, -0.25) is 4.31 Å². The number of morpholine rings is 1. The molecule has 0 radical (unpaired) electrons. The van der Waals surface area contributed by atoms with Crippen LogP contribution in [0.25, 0.3) is 0 Å². The average Bonchev–Trinajstić information content (AvgIpc) is 2.40. The van der Waals surface area contributed by atoms with Crippen LogP contribution in [0, 0.1) is 6.92 Å². The van der Waals surface area contributed by atoms with E-state index in [9.17, 15) is 8.42 Å². The Hall–Kier alpha value is -1.11. The SMILES string of the molecule is CCN(c1cccc(C)c1)S(=O)(=O)N1CCOCC1. The van der Waals surface area contributed by atoms with Crippen molar-refractivity contribution in [1.29, 1.82) is 0 Å². The van der Waals surface area contributed by atoms with E-state index < -0.39 is 10.2 Å². The quantitative estimate of drug-likeness (QED) is 0.839. The molecule has 1 aromatic carbocycles. The first-order chi connectivity index (χ1) is 9.05. The van der Waals surface area contributed by atoms with Gasteiger partial charge in [0.15, 0.2) is 0 Å². The van der Waals surface area contributed by atoms with E-state index in [-0.39, 0.29) is 0 Å². The molecule has 0 amide bonds. The van der Waals surface area contributed by atoms with Crippen molar-refractivity contribution < 1.29 is 13.2 Å². The Morgan fingerprint density at radius 3 is 2.58 bits per heavy atom. The van der Waals surface area contributed by atoms with Crippen LogP contribution in [-0.4, -0.2) is 45.6 Å². The highest BCUT2D eigenvalue weighted by atomic mass is 32.2. The number of aryl methyl sites for hydroxylation is 1. The van der Waals surface area contributed by atoms with Crippen LogP contribution in [-0.2, 0) is 14.9 Å². The molecule has 5 nitrogen and oxygen atoms in total. The van der Waals surface area contributed by atoms with E-state index in [1.807, 2.05) is 38.1 Å². The van der Waals surface area contributed by atoms with E-state index in [1.54, 1.807) is 0 Å². The lowest BCUT2D eigenvalue weighted by Gasteiger charge is -2.32. The van der Waals surface area contributed by atoms with E-state index in [2.05, 4.69) is 0 Å². The molecule has 1 aromatic rings. The number of hydrogen-bond acceptors (Lipinski definition) is 3. The van der Waals surface area contributed by atoms with Gasteiger partial charge in [-0.05, 0) is 31.5 Å². The lowest BCUT2D eigenvalue weighted by molar-refractivity contribution is 0.0729. The Bertz CT molecular complexity index is 524. The lowest BCUT2D eigenvalue weighted by Crippen LogP contribution is -2.48. The van der Waals surface area contributed by atoms with Gasteiger partial charge in [0.2, 0.25) is 0 Å². The standard InChI is InChI=1S/C13H20N2O3S/c1-3-15(13-6-4-5-12(2)11-13)19(16,17)14-7-9-18-10-8-14/h4-6,11H,3,7-10H2,1-2H3. The number of anilines is 1. The maximum absolute atomic E-state index is 12.6. The van der Waals surface area contributed by atoms with Crippen LogP contribution in [0.3, 0.4) is 0 Å². The molecule has 1 aliphatic rings. The molecule has 106 valence electrons. The number of rotatable bonds is 4. The van der Waals surface area contributed by atoms with E-state index in [0.29, 0.717) is 38.5 Å². The van der Waals surface area contributed by atoms with Gasteiger partial charge in [-0.2, -0.15) is 12.7 Å². The maximum Gasteiger partial charge on any atom is 0.304 e. The van der Waals surface area contributed by atoms with Gasteiger partial charge in [-0.1, -0.05) is 12.1 Å². The second-order valence-electron chi connectivity index (χ2n) is 4.52. The number of ether oxygens (including phenoxy) is 1. The van der Waals surface area contributed by atoms with E-state index in [1.165, 1.54) is 8.61 Å². The summed E-state index contributed by atoms with van der Waals surface area (Å²) in [4.78, 5) is 0. The molecule has 19 heavy (non-hydrogen) atoms. The Balaban J connectivity index is 2.30. The van der Waals surface area contributed by atoms with Gasteiger partial charge in [0.05, 0.1) is 18.9 Å². The molecule has 2 rings (SSSR count). The predicted molar refractivity (Wildman–Crippen MR) is 75.5 cm³/mol. The van der Waals surface area contributed by atoms with Crippen LogP contribution in [0.2, 0.25) is 0 Å². The molecule has 1 aliphatic heterocycles. The molecule has 1 saturated heterocycles. The molecule has 0 aromatic heterocycles. The molecule has 0 aliphatic carbocycles. The van der Waals surface area contributed by atoms with Crippen molar-refractivity contribution in [2.45, 2.75) is 13.8 Å². The second kappa shape index (κ2) is 5.90. The summed E-state index contributed by atoms with van der Waals surface area (Å²) in [6, 6.07) is 7.55. The van der Waals surface area contributed by atoms with Crippen LogP contribution < -0.4 is 4.31 Å². The molecular formula is C13H20N2O3S. The van der Waals surface area contributed by atoms with Crippen molar-refractivity contribution in [3.8, 4) is 0 Å². The number of hydrogen-bond donors (Lipinski definition) is 0. The summed E-state index contributed by atoms with van der Waals surface area (Å²) in [6.07, 6.45) is 0. The fourth-order valence-corrected chi connectivity index (χ4v) is 3.77. The van der Waals surface area contributed by atoms with Crippen molar-refractivity contribution in [3.05, 3.63) is 29.8 Å². The van der Waals surface area contributed by atoms with Gasteiger partial charge in [-0.15, -0.1) is 0 Å². The van der Waals surface area contributed by atoms with Crippen LogP contribution in [0.15, 0.2) is 24.3 Å². The third-order valence-corrected chi connectivity index (χ3v) is 5.20. The van der Waals surface area contributed by atoms with Crippen molar-refractivity contribution in [2.24, 2.45) is 0 Å². The van der Waals surface area contributed by atoms with E-state index >= 15 is 0 Å². The van der Waals surface area contributed by atoms with Gasteiger partial charge in [-0.25, -0.2) is 0 Å². The zero-order valence-electron chi connectivity index (χ0n) is 11.4. The minimum absolute atomic E-state index is 0.420. The summed E-state index contributed by atoms with van der Waals surface area (Å²) in [5.74, 6) is 0. The Labute approximate surface area is 115 Å². The van der Waals surface area contributed by atoms with Crippen molar-refractivity contribution in [2.75, 3.05) is 37.2 Å². The van der Waals surface area contributed by atoms with E-state index in [0.717, 1.165) is 5.56 Å². The lowest BCUT2D eigenvalue weighted by atomic mass is 10.2. The summed E-state index contributed by atoms with van der Waals surface area (Å²) in [5, 5.41) is 0. The topological polar surface area (TPSA) is 49.9 Å². The highest BCUT2D eigenvalue weighted by Crippen LogP contribution is 2.21. The first kappa shape index (κ1) is 14.3. The highest BCUT2D eigenvalue weighted by molar-refractivity contribution is 7.90. The first-order valence-corrected chi connectivity index (χ1v) is 7.87. The van der Waals surface area contributed by atoms with Gasteiger partial charge >= 0.3 is 10.2 Å². The maximum atomic E-state index is 12.6. The molecule has 0 spiro atoms. The molecule has 0 atom stereocenters. The minimum Gasteiger partial charge on any atom is -0.379 e. The summed E-state index contributed by atoms with van der Waals surface area (Å²) in [6.45, 7) is 5.99. The molecule has 0 unspecified atom stereocenters. The van der Waals surface area contributed by atoms with Gasteiger partial charge < -0.3 is 4.74 Å². The summed E-state index contributed by atoms with van der Waals surface area (Å²) in [5.41, 5.74) is 1.77. The second-order valence-corrected chi connectivity index (χ2v) is 6.38. The smallest absolute Gasteiger partial charge is 0.304 e. The van der Waals surface area contributed by atoms with Crippen molar-refractivity contribution in [3.63, 3.8) is 0 Å². The van der Waals surface area contributed by atoms with Crippen molar-refractivity contribution >= 4 is 15.9 Å². The molecular weight excluding hydrogens is 264 g/mol. The molecule has 1 heterocycles. The average molecular weight is 284 g/mol. The molecule has 0 bridgehead atoms. The Morgan fingerprint density at radius 2 is 2.00 bits per heavy atom. The predicted octanol–water partition coefficient (Wildman–Crippen LogP) is 1.40. The Kier molecular flexibility index (Phi) is 4.44. The third kappa shape index (κ3) is 3.08. The van der Waals surface area contributed by atoms with Crippen LogP contribution in [0.4, 0.5) is 5.69 Å². The summed E-state index contributed by atoms with van der Waals surface area (Å²) in [7, 11) is -3.46. The molecule has 0 N–H and O–H groups in total. The third-order valence-electron chi connectivity index (χ3n) is 3.15. The van der Waals surface area contributed by atoms with Gasteiger partial charge in [0.25, 0.3) is 0 Å². The minimum atomic E-state index is -3.46. The van der Waals surface area contributed by atoms with Crippen molar-refractivity contribution in [1.82, 2.24) is 4.31 Å². The molecule has 6 heteroatoms. The van der Waals surface area contributed by atoms with Crippen LogP contribution in [0.5, 0.6) is 0 Å². The molecule has 0 saturated carbocycles. The highest BCUT2D eigenvalue weighted by Gasteiger charge is 2.30. The zero-order chi connectivity index (χ0) is 13.9. The van der Waals surface area contributed by atoms with E-state index in [4.69, 9.17) is 4.74 Å². The van der Waals surface area contributed by atoms with Gasteiger partial charge in [0.1, 0.15) is 0 Å². The zero-order valence-corrected chi connectivity index (χ0v) is 12.2. The fraction of sp³-hybridized carbons (Fsp3) is 0.538. The normalized spacial score (nSPS) is 17.4. The monoisotopic (exact) mass is 284 g/mol. The number of nitrogens with zero attached hydrogens (tertiary/aromatic N) is 2. The van der Waals surface area contributed by atoms with Gasteiger partial charge in [0, 0.05) is 19.6 Å². The fourth-order valence-electron chi connectivity index (χ4n) is 2.18. The molecule has 1 fully saturated rings. The summed E-state index contributed by atoms with van der Waals surface area (Å²) < 4.78 is 33.4. The van der Waals surface area contributed by atoms with Crippen LogP contribution >= 0.6 is 0 Å². The number of benzene rings is 1. The first-order valence-electron chi connectivity index (χ1n) is 6.48. The van der Waals surface area contributed by atoms with Crippen LogP contribution in [0.1, 0.15) is 12.5 Å².